The maximum absolute atomic E-state index is 11.4. The molecule has 0 aliphatic rings. The van der Waals surface area contributed by atoms with Crippen LogP contribution in [-0.4, -0.2) is 20.8 Å². The van der Waals surface area contributed by atoms with Crippen LogP contribution in [0.25, 0.3) is 55.0 Å². The van der Waals surface area contributed by atoms with E-state index in [2.05, 4.69) is 60.9 Å². The molecule has 0 unspecified atom stereocenters. The summed E-state index contributed by atoms with van der Waals surface area (Å²) in [7, 11) is 0. The fourth-order valence-electron chi connectivity index (χ4n) is 4.80. The van der Waals surface area contributed by atoms with Gasteiger partial charge in [-0.3, -0.25) is 4.79 Å². The van der Waals surface area contributed by atoms with Gasteiger partial charge in [-0.15, -0.1) is 0 Å². The van der Waals surface area contributed by atoms with E-state index in [-0.39, 0.29) is 6.04 Å². The summed E-state index contributed by atoms with van der Waals surface area (Å²) in [6.07, 6.45) is 0.874. The average molecular weight is 415 g/mol. The SMILES string of the molecule is CC(C)n1c2nc3cccccc3c2c(-c2ccccc2)c2c3ccc(C=O)cc3nc21. The highest BCUT2D eigenvalue weighted by Crippen LogP contribution is 2.43. The monoisotopic (exact) mass is 415 g/mol. The van der Waals surface area contributed by atoms with Gasteiger partial charge < -0.3 is 4.57 Å². The molecule has 0 bridgehead atoms. The van der Waals surface area contributed by atoms with Crippen LogP contribution in [0.3, 0.4) is 0 Å². The number of nitrogens with zero attached hydrogens (tertiary/aromatic N) is 3. The van der Waals surface area contributed by atoms with Crippen LogP contribution < -0.4 is 0 Å². The van der Waals surface area contributed by atoms with Gasteiger partial charge in [0.2, 0.25) is 0 Å². The van der Waals surface area contributed by atoms with E-state index >= 15 is 0 Å². The number of hydrogen-bond donors (Lipinski definition) is 0. The van der Waals surface area contributed by atoms with Gasteiger partial charge in [0.15, 0.2) is 0 Å². The molecule has 0 aliphatic carbocycles. The number of rotatable bonds is 3. The second-order valence-corrected chi connectivity index (χ2v) is 8.43. The van der Waals surface area contributed by atoms with E-state index in [0.717, 1.165) is 61.3 Å². The van der Waals surface area contributed by atoms with E-state index < -0.39 is 0 Å². The number of carbonyl (C=O) groups excluding carboxylic acids is 1. The van der Waals surface area contributed by atoms with Gasteiger partial charge in [0.05, 0.1) is 11.0 Å². The summed E-state index contributed by atoms with van der Waals surface area (Å²) in [6.45, 7) is 4.33. The van der Waals surface area contributed by atoms with Gasteiger partial charge in [-0.25, -0.2) is 9.97 Å². The van der Waals surface area contributed by atoms with Crippen LogP contribution in [0, 0.1) is 0 Å². The zero-order valence-electron chi connectivity index (χ0n) is 17.9. The molecule has 3 heterocycles. The van der Waals surface area contributed by atoms with E-state index in [0.29, 0.717) is 5.56 Å². The average Bonchev–Trinajstić information content (AvgIpc) is 3.26. The van der Waals surface area contributed by atoms with Crippen LogP contribution in [0.1, 0.15) is 30.2 Å². The van der Waals surface area contributed by atoms with Crippen molar-refractivity contribution in [2.75, 3.05) is 0 Å². The summed E-state index contributed by atoms with van der Waals surface area (Å²) >= 11 is 0. The maximum Gasteiger partial charge on any atom is 0.150 e. The lowest BCUT2D eigenvalue weighted by molar-refractivity contribution is 0.112. The third-order valence-electron chi connectivity index (χ3n) is 6.15. The number of hydrogen-bond acceptors (Lipinski definition) is 3. The Morgan fingerprint density at radius 2 is 1.38 bits per heavy atom. The van der Waals surface area contributed by atoms with E-state index in [4.69, 9.17) is 9.97 Å². The number of fused-ring (bicyclic) bond motifs is 6. The lowest BCUT2D eigenvalue weighted by Gasteiger charge is -2.17. The molecule has 0 amide bonds. The van der Waals surface area contributed by atoms with Crippen LogP contribution in [0.4, 0.5) is 0 Å². The van der Waals surface area contributed by atoms with Gasteiger partial charge in [-0.05, 0) is 31.5 Å². The van der Waals surface area contributed by atoms with Crippen molar-refractivity contribution in [1.29, 1.82) is 0 Å². The molecule has 0 fully saturated rings. The third-order valence-corrected chi connectivity index (χ3v) is 6.15. The predicted molar refractivity (Wildman–Crippen MR) is 131 cm³/mol. The first-order chi connectivity index (χ1) is 15.7. The molecule has 0 atom stereocenters. The summed E-state index contributed by atoms with van der Waals surface area (Å²) in [5.74, 6) is 0. The molecule has 3 aromatic heterocycles. The molecule has 3 aromatic carbocycles. The van der Waals surface area contributed by atoms with Gasteiger partial charge in [0.25, 0.3) is 0 Å². The summed E-state index contributed by atoms with van der Waals surface area (Å²) < 4.78 is 2.23. The van der Waals surface area contributed by atoms with Gasteiger partial charge in [0, 0.05) is 38.7 Å². The highest BCUT2D eigenvalue weighted by molar-refractivity contribution is 6.25. The smallest absolute Gasteiger partial charge is 0.150 e. The van der Waals surface area contributed by atoms with Crippen molar-refractivity contribution in [3.05, 3.63) is 84.4 Å². The molecule has 6 aromatic rings. The van der Waals surface area contributed by atoms with Gasteiger partial charge in [-0.1, -0.05) is 66.7 Å². The van der Waals surface area contributed by atoms with Crippen molar-refractivity contribution in [3.8, 4) is 11.1 Å². The predicted octanol–water partition coefficient (Wildman–Crippen LogP) is 6.95. The zero-order valence-corrected chi connectivity index (χ0v) is 17.9. The molecular formula is C28H21N3O. The maximum atomic E-state index is 11.4. The van der Waals surface area contributed by atoms with Crippen LogP contribution in [0.2, 0.25) is 0 Å². The van der Waals surface area contributed by atoms with Crippen LogP contribution in [-0.2, 0) is 0 Å². The Morgan fingerprint density at radius 1 is 0.750 bits per heavy atom. The largest absolute Gasteiger partial charge is 0.307 e. The number of aldehydes is 1. The number of aromatic nitrogens is 3. The number of pyridine rings is 1. The molecule has 6 rings (SSSR count). The minimum absolute atomic E-state index is 0.165. The molecule has 0 saturated heterocycles. The van der Waals surface area contributed by atoms with Crippen molar-refractivity contribution >= 4 is 50.2 Å². The standard InChI is InChI=1S/C28H21N3O/c1-17(2)31-27-25(20-11-7-4-8-12-22(20)29-27)24(19-9-5-3-6-10-19)26-21-14-13-18(16-32)15-23(21)30-28(26)31/h3-17H,1-2H3. The molecule has 4 nitrogen and oxygen atoms in total. The second-order valence-electron chi connectivity index (χ2n) is 8.43. The molecule has 0 saturated carbocycles. The van der Waals surface area contributed by atoms with Crippen LogP contribution >= 0.6 is 0 Å². The Labute approximate surface area is 185 Å². The Morgan fingerprint density at radius 3 is 2.06 bits per heavy atom. The highest BCUT2D eigenvalue weighted by atomic mass is 16.1. The summed E-state index contributed by atoms with van der Waals surface area (Å²) in [5.41, 5.74) is 6.54. The van der Waals surface area contributed by atoms with Crippen molar-refractivity contribution in [3.63, 3.8) is 0 Å². The fraction of sp³-hybridized carbons (Fsp3) is 0.107. The number of carbonyl (C=O) groups is 1. The molecule has 0 radical (unpaired) electrons. The topological polar surface area (TPSA) is 47.8 Å². The summed E-state index contributed by atoms with van der Waals surface area (Å²) in [6, 6.07) is 26.8. The summed E-state index contributed by atoms with van der Waals surface area (Å²) in [5, 5.41) is 4.41. The van der Waals surface area contributed by atoms with Crippen LogP contribution in [0.5, 0.6) is 0 Å². The lowest BCUT2D eigenvalue weighted by atomic mass is 9.96. The van der Waals surface area contributed by atoms with Gasteiger partial charge in [-0.2, -0.15) is 0 Å². The summed E-state index contributed by atoms with van der Waals surface area (Å²) in [4.78, 5) is 21.5. The van der Waals surface area contributed by atoms with Crippen molar-refractivity contribution in [2.45, 2.75) is 19.9 Å². The van der Waals surface area contributed by atoms with Crippen molar-refractivity contribution in [1.82, 2.24) is 14.5 Å². The van der Waals surface area contributed by atoms with Crippen LogP contribution in [0.15, 0.2) is 78.9 Å². The first kappa shape index (κ1) is 18.7. The zero-order chi connectivity index (χ0) is 21.8. The van der Waals surface area contributed by atoms with E-state index in [1.165, 1.54) is 0 Å². The molecule has 32 heavy (non-hydrogen) atoms. The first-order valence-electron chi connectivity index (χ1n) is 10.8. The quantitative estimate of drug-likeness (QED) is 0.294. The fourth-order valence-corrected chi connectivity index (χ4v) is 4.80. The molecule has 4 heteroatoms. The van der Waals surface area contributed by atoms with Gasteiger partial charge in [0.1, 0.15) is 17.6 Å². The normalized spacial score (nSPS) is 11.8. The third kappa shape index (κ3) is 2.59. The molecule has 0 spiro atoms. The van der Waals surface area contributed by atoms with E-state index in [9.17, 15) is 4.79 Å². The Bertz CT molecular complexity index is 1660. The lowest BCUT2D eigenvalue weighted by Crippen LogP contribution is -2.06. The Balaban J connectivity index is 1.96. The first-order valence-corrected chi connectivity index (χ1v) is 10.8. The van der Waals surface area contributed by atoms with E-state index in [1.54, 1.807) is 0 Å². The molecule has 0 N–H and O–H groups in total. The van der Waals surface area contributed by atoms with Crippen molar-refractivity contribution < 1.29 is 4.79 Å². The van der Waals surface area contributed by atoms with E-state index in [1.807, 2.05) is 36.4 Å². The molecule has 154 valence electrons. The Kier molecular flexibility index (Phi) is 4.08. The van der Waals surface area contributed by atoms with Crippen molar-refractivity contribution in [2.24, 2.45) is 0 Å². The highest BCUT2D eigenvalue weighted by Gasteiger charge is 2.23. The molecule has 0 aliphatic heterocycles. The molecular weight excluding hydrogens is 394 g/mol. The second kappa shape index (κ2) is 6.99. The minimum Gasteiger partial charge on any atom is -0.307 e. The number of benzene rings is 2. The van der Waals surface area contributed by atoms with Gasteiger partial charge >= 0.3 is 0 Å². The Hall–Kier alpha value is -4.05. The minimum atomic E-state index is 0.165.